The third-order valence-corrected chi connectivity index (χ3v) is 13.6. The third-order valence-electron chi connectivity index (χ3n) is 13.6. The van der Waals surface area contributed by atoms with E-state index >= 15 is 4.79 Å². The van der Waals surface area contributed by atoms with Crippen LogP contribution in [0.3, 0.4) is 0 Å². The first-order valence-corrected chi connectivity index (χ1v) is 21.0. The Bertz CT molecular complexity index is 2190. The number of esters is 4. The van der Waals surface area contributed by atoms with Crippen LogP contribution in [-0.2, 0) is 47.7 Å². The van der Waals surface area contributed by atoms with Crippen LogP contribution in [0.2, 0.25) is 0 Å². The largest absolute Gasteiger partial charge is 0.469 e. The first kappa shape index (κ1) is 47.2. The highest BCUT2D eigenvalue weighted by molar-refractivity contribution is 5.98. The van der Waals surface area contributed by atoms with Crippen LogP contribution >= 0.6 is 0 Å². The van der Waals surface area contributed by atoms with Gasteiger partial charge in [-0.1, -0.05) is 82.3 Å². The standard InChI is InChI=1S/C47H57NO15/c1-24(2)19-29(20-33(51)59-8)41(55)48-35(27-15-11-9-12-16-27)37(53)43(57)61-30-22-47(58)40(62-42(56)28-17-13-10-14-18-28)38-45(7,39(54)36(52)34(25(30)3)44(47,5)6)31(50)21-32-46(38,23-60-32)63-26(4)49/h9-19,24,30-32,35-38,40,50,52-53,58H,20-23H2,1-8H3,(H,48,55)/b29-19-/t30-,31-,32+,35-,36+,37+,38-,40-,45+,46-,47+/m0/s1. The molecule has 5 N–H and O–H groups in total. The van der Waals surface area contributed by atoms with Gasteiger partial charge in [0.15, 0.2) is 17.5 Å². The number of amides is 1. The Labute approximate surface area is 365 Å². The molecule has 340 valence electrons. The highest BCUT2D eigenvalue weighted by Gasteiger charge is 2.78. The molecule has 1 aliphatic heterocycles. The molecule has 1 saturated heterocycles. The maximum Gasteiger partial charge on any atom is 0.338 e. The van der Waals surface area contributed by atoms with Gasteiger partial charge in [-0.25, -0.2) is 9.59 Å². The zero-order valence-corrected chi connectivity index (χ0v) is 36.7. The van der Waals surface area contributed by atoms with Crippen LogP contribution < -0.4 is 5.32 Å². The van der Waals surface area contributed by atoms with Crippen LogP contribution in [0.25, 0.3) is 0 Å². The molecular weight excluding hydrogens is 819 g/mol. The molecule has 0 radical (unpaired) electrons. The normalized spacial score (nSPS) is 32.0. The number of fused-ring (bicyclic) bond motifs is 5. The molecular formula is C47H57NO15. The van der Waals surface area contributed by atoms with Crippen LogP contribution in [0, 0.1) is 22.7 Å². The molecule has 1 heterocycles. The van der Waals surface area contributed by atoms with Crippen molar-refractivity contribution in [3.63, 3.8) is 0 Å². The summed E-state index contributed by atoms with van der Waals surface area (Å²) in [5, 5.41) is 52.1. The molecule has 2 saturated carbocycles. The molecule has 6 rings (SSSR count). The summed E-state index contributed by atoms with van der Waals surface area (Å²) >= 11 is 0. The first-order chi connectivity index (χ1) is 29.5. The second kappa shape index (κ2) is 17.7. The molecule has 2 aromatic carbocycles. The number of carbonyl (C=O) groups is 6. The van der Waals surface area contributed by atoms with Crippen molar-refractivity contribution in [2.75, 3.05) is 13.7 Å². The van der Waals surface area contributed by atoms with Gasteiger partial charge in [0.2, 0.25) is 5.91 Å². The van der Waals surface area contributed by atoms with Gasteiger partial charge in [-0.15, -0.1) is 0 Å². The Morgan fingerprint density at radius 2 is 1.59 bits per heavy atom. The maximum atomic E-state index is 15.0. The van der Waals surface area contributed by atoms with Crippen molar-refractivity contribution in [3.8, 4) is 0 Å². The molecule has 0 spiro atoms. The minimum absolute atomic E-state index is 0.0241. The Morgan fingerprint density at radius 1 is 0.968 bits per heavy atom. The number of nitrogens with one attached hydrogen (secondary N) is 1. The lowest BCUT2D eigenvalue weighted by molar-refractivity contribution is -0.346. The summed E-state index contributed by atoms with van der Waals surface area (Å²) in [6.07, 6.45) is -9.68. The fourth-order valence-electron chi connectivity index (χ4n) is 10.2. The zero-order valence-electron chi connectivity index (χ0n) is 36.7. The average Bonchev–Trinajstić information content (AvgIpc) is 3.23. The van der Waals surface area contributed by atoms with E-state index in [-0.39, 0.29) is 46.8 Å². The second-order valence-electron chi connectivity index (χ2n) is 18.1. The molecule has 63 heavy (non-hydrogen) atoms. The predicted octanol–water partition coefficient (Wildman–Crippen LogP) is 3.00. The van der Waals surface area contributed by atoms with Crippen molar-refractivity contribution in [1.82, 2.24) is 5.32 Å². The van der Waals surface area contributed by atoms with E-state index in [9.17, 15) is 44.4 Å². The second-order valence-corrected chi connectivity index (χ2v) is 18.1. The summed E-state index contributed by atoms with van der Waals surface area (Å²) in [6, 6.07) is 14.4. The number of hydrogen-bond donors (Lipinski definition) is 5. The Kier molecular flexibility index (Phi) is 13.3. The minimum atomic E-state index is -2.39. The van der Waals surface area contributed by atoms with Crippen molar-refractivity contribution in [1.29, 1.82) is 0 Å². The van der Waals surface area contributed by atoms with Crippen LogP contribution in [0.15, 0.2) is 83.5 Å². The van der Waals surface area contributed by atoms with Gasteiger partial charge in [0, 0.05) is 30.8 Å². The molecule has 4 aliphatic rings. The van der Waals surface area contributed by atoms with Crippen molar-refractivity contribution >= 4 is 35.6 Å². The summed E-state index contributed by atoms with van der Waals surface area (Å²) in [6.45, 7) is 10.4. The third kappa shape index (κ3) is 8.23. The predicted molar refractivity (Wildman–Crippen MR) is 222 cm³/mol. The van der Waals surface area contributed by atoms with Crippen LogP contribution in [0.1, 0.15) is 89.7 Å². The Morgan fingerprint density at radius 3 is 2.14 bits per heavy atom. The number of aliphatic hydroxyl groups excluding tert-OH is 3. The van der Waals surface area contributed by atoms with Crippen LogP contribution in [0.5, 0.6) is 0 Å². The maximum absolute atomic E-state index is 15.0. The van der Waals surface area contributed by atoms with E-state index in [4.69, 9.17) is 23.7 Å². The van der Waals surface area contributed by atoms with Crippen molar-refractivity contribution in [2.45, 2.75) is 122 Å². The number of carbonyl (C=O) groups excluding carboxylic acids is 6. The van der Waals surface area contributed by atoms with E-state index in [1.807, 2.05) is 0 Å². The summed E-state index contributed by atoms with van der Waals surface area (Å²) < 4.78 is 29.0. The van der Waals surface area contributed by atoms with Crippen molar-refractivity contribution in [3.05, 3.63) is 94.6 Å². The Hall–Kier alpha value is -5.26. The summed E-state index contributed by atoms with van der Waals surface area (Å²) in [4.78, 5) is 82.5. The molecule has 0 aromatic heterocycles. The number of methoxy groups -OCH3 is 1. The lowest BCUT2D eigenvalue weighted by atomic mass is 9.44. The van der Waals surface area contributed by atoms with Gasteiger partial charge in [0.1, 0.15) is 30.0 Å². The molecule has 11 atom stereocenters. The van der Waals surface area contributed by atoms with Gasteiger partial charge < -0.3 is 49.4 Å². The zero-order chi connectivity index (χ0) is 46.4. The van der Waals surface area contributed by atoms with Crippen molar-refractivity contribution < 1.29 is 72.9 Å². The van der Waals surface area contributed by atoms with E-state index in [0.29, 0.717) is 0 Å². The molecule has 3 aliphatic carbocycles. The highest BCUT2D eigenvalue weighted by atomic mass is 16.6. The molecule has 2 bridgehead atoms. The number of hydrogen-bond acceptors (Lipinski definition) is 15. The SMILES string of the molecule is COC(=O)C/C(=C/C(C)C)C(=O)N[C@@H](c1ccccc1)[C@@H](O)C(=O)O[C@H]1C[C@@]2(O)[C@@H](OC(=O)c3ccccc3)[C@@H]3[C@]4(OC(C)=O)CO[C@@H]4C[C@H](O)[C@@]3(C)C(=O)[C@H](O)C(=C1C)C2(C)C. The number of rotatable bonds is 12. The van der Waals surface area contributed by atoms with E-state index in [0.717, 1.165) is 6.92 Å². The van der Waals surface area contributed by atoms with Crippen LogP contribution in [0.4, 0.5) is 0 Å². The lowest BCUT2D eigenvalue weighted by Gasteiger charge is -2.67. The quantitative estimate of drug-likeness (QED) is 0.0892. The molecule has 2 aromatic rings. The smallest absolute Gasteiger partial charge is 0.338 e. The van der Waals surface area contributed by atoms with E-state index in [1.54, 1.807) is 68.5 Å². The summed E-state index contributed by atoms with van der Waals surface area (Å²) in [5.41, 5.74) is -7.43. The minimum Gasteiger partial charge on any atom is -0.469 e. The van der Waals surface area contributed by atoms with Crippen molar-refractivity contribution in [2.24, 2.45) is 22.7 Å². The fourth-order valence-corrected chi connectivity index (χ4v) is 10.2. The fraction of sp³-hybridized carbons (Fsp3) is 0.532. The number of Topliss-reactive ketones (excluding diaryl/α,β-unsaturated/α-hetero) is 1. The molecule has 1 amide bonds. The van der Waals surface area contributed by atoms with E-state index < -0.39 is 119 Å². The number of allylic oxidation sites excluding steroid dienone is 1. The van der Waals surface area contributed by atoms with E-state index in [1.165, 1.54) is 46.9 Å². The van der Waals surface area contributed by atoms with Gasteiger partial charge in [0.25, 0.3) is 0 Å². The average molecular weight is 876 g/mol. The molecule has 16 nitrogen and oxygen atoms in total. The summed E-state index contributed by atoms with van der Waals surface area (Å²) in [7, 11) is 1.18. The van der Waals surface area contributed by atoms with Crippen LogP contribution in [-0.4, -0.2) is 118 Å². The Balaban J connectivity index is 1.47. The van der Waals surface area contributed by atoms with Gasteiger partial charge in [-0.05, 0) is 48.6 Å². The number of aliphatic hydroxyl groups is 4. The van der Waals surface area contributed by atoms with E-state index in [2.05, 4.69) is 5.32 Å². The topological polar surface area (TPSA) is 242 Å². The summed E-state index contributed by atoms with van der Waals surface area (Å²) in [5.74, 6) is -7.12. The van der Waals surface area contributed by atoms with Gasteiger partial charge in [-0.2, -0.15) is 0 Å². The molecule has 16 heteroatoms. The van der Waals surface area contributed by atoms with Gasteiger partial charge in [-0.3, -0.25) is 19.2 Å². The number of ketones is 1. The lowest BCUT2D eigenvalue weighted by Crippen LogP contribution is -2.81. The van der Waals surface area contributed by atoms with Gasteiger partial charge >= 0.3 is 23.9 Å². The highest BCUT2D eigenvalue weighted by Crippen LogP contribution is 2.64. The number of ether oxygens (including phenoxy) is 5. The first-order valence-electron chi connectivity index (χ1n) is 21.0. The molecule has 0 unspecified atom stereocenters. The molecule has 3 fully saturated rings. The number of benzene rings is 2. The monoisotopic (exact) mass is 875 g/mol. The van der Waals surface area contributed by atoms with Gasteiger partial charge in [0.05, 0.1) is 49.2 Å².